The quantitative estimate of drug-likeness (QED) is 0.795. The van der Waals surface area contributed by atoms with Gasteiger partial charge in [0.1, 0.15) is 5.75 Å². The van der Waals surface area contributed by atoms with Crippen LogP contribution >= 0.6 is 23.2 Å². The summed E-state index contributed by atoms with van der Waals surface area (Å²) >= 11 is 11.8. The maximum atomic E-state index is 12.4. The van der Waals surface area contributed by atoms with Gasteiger partial charge in [-0.15, -0.1) is 0 Å². The van der Waals surface area contributed by atoms with E-state index in [1.54, 1.807) is 0 Å². The molecule has 8 heteroatoms. The summed E-state index contributed by atoms with van der Waals surface area (Å²) in [6.07, 6.45) is -4.69. The van der Waals surface area contributed by atoms with Crippen LogP contribution in [-0.4, -0.2) is 35.2 Å². The van der Waals surface area contributed by atoms with E-state index in [1.165, 1.54) is 6.07 Å². The number of benzene rings is 1. The first-order valence-corrected chi connectivity index (χ1v) is 6.52. The molecule has 0 unspecified atom stereocenters. The van der Waals surface area contributed by atoms with Gasteiger partial charge < -0.3 is 10.0 Å². The number of aromatic hydroxyl groups is 1. The molecular weight excluding hydrogens is 318 g/mol. The Hall–Kier alpha value is -1.14. The molecule has 20 heavy (non-hydrogen) atoms. The number of amides is 1. The van der Waals surface area contributed by atoms with E-state index < -0.39 is 12.1 Å². The van der Waals surface area contributed by atoms with E-state index in [4.69, 9.17) is 23.2 Å². The summed E-state index contributed by atoms with van der Waals surface area (Å²) in [5.74, 6) is -2.07. The Morgan fingerprint density at radius 2 is 1.70 bits per heavy atom. The highest BCUT2D eigenvalue weighted by Gasteiger charge is 2.42. The zero-order valence-corrected chi connectivity index (χ0v) is 11.6. The third kappa shape index (κ3) is 2.81. The molecule has 1 amide bonds. The van der Waals surface area contributed by atoms with Gasteiger partial charge >= 0.3 is 12.1 Å². The number of halogens is 5. The number of rotatable bonds is 0. The Labute approximate surface area is 122 Å². The van der Waals surface area contributed by atoms with Crippen molar-refractivity contribution >= 4 is 29.1 Å². The number of carbonyl (C=O) groups excluding carboxylic acids is 1. The van der Waals surface area contributed by atoms with Gasteiger partial charge in [0, 0.05) is 23.7 Å². The van der Waals surface area contributed by atoms with Crippen LogP contribution in [0.4, 0.5) is 13.2 Å². The molecule has 1 heterocycles. The van der Waals surface area contributed by atoms with Crippen molar-refractivity contribution in [1.82, 2.24) is 4.90 Å². The van der Waals surface area contributed by atoms with Crippen LogP contribution in [0.15, 0.2) is 6.07 Å². The Morgan fingerprint density at radius 3 is 2.25 bits per heavy atom. The van der Waals surface area contributed by atoms with Crippen LogP contribution in [0.2, 0.25) is 10.0 Å². The Bertz CT molecular complexity index is 561. The molecule has 110 valence electrons. The highest BCUT2D eigenvalue weighted by atomic mass is 35.5. The van der Waals surface area contributed by atoms with E-state index in [9.17, 15) is 23.1 Å². The lowest BCUT2D eigenvalue weighted by molar-refractivity contribution is -0.185. The van der Waals surface area contributed by atoms with Crippen LogP contribution in [0.5, 0.6) is 5.75 Å². The van der Waals surface area contributed by atoms with Crippen molar-refractivity contribution < 1.29 is 23.1 Å². The number of fused-ring (bicyclic) bond motifs is 1. The number of phenols is 1. The van der Waals surface area contributed by atoms with Gasteiger partial charge in [-0.1, -0.05) is 23.2 Å². The van der Waals surface area contributed by atoms with E-state index in [0.29, 0.717) is 16.0 Å². The zero-order valence-electron chi connectivity index (χ0n) is 10.1. The minimum atomic E-state index is -4.90. The number of alkyl halides is 3. The fourth-order valence-corrected chi connectivity index (χ4v) is 2.82. The first-order valence-electron chi connectivity index (χ1n) is 5.76. The van der Waals surface area contributed by atoms with E-state index >= 15 is 0 Å². The number of hydrogen-bond donors (Lipinski definition) is 1. The normalized spacial score (nSPS) is 15.8. The molecule has 0 spiro atoms. The minimum absolute atomic E-state index is 0.0457. The molecular formula is C12H10Cl2F3NO2. The van der Waals surface area contributed by atoms with Crippen molar-refractivity contribution in [2.24, 2.45) is 0 Å². The Morgan fingerprint density at radius 1 is 1.15 bits per heavy atom. The number of nitrogens with zero attached hydrogens (tertiary/aromatic N) is 1. The van der Waals surface area contributed by atoms with E-state index in [2.05, 4.69) is 0 Å². The summed E-state index contributed by atoms with van der Waals surface area (Å²) in [7, 11) is 0. The van der Waals surface area contributed by atoms with Crippen molar-refractivity contribution in [1.29, 1.82) is 0 Å². The molecule has 0 fully saturated rings. The predicted molar refractivity (Wildman–Crippen MR) is 68.2 cm³/mol. The maximum Gasteiger partial charge on any atom is 0.471 e. The van der Waals surface area contributed by atoms with E-state index in [0.717, 1.165) is 0 Å². The second-order valence-electron chi connectivity index (χ2n) is 4.44. The highest BCUT2D eigenvalue weighted by Crippen LogP contribution is 2.37. The minimum Gasteiger partial charge on any atom is -0.506 e. The average Bonchev–Trinajstić information content (AvgIpc) is 2.57. The summed E-state index contributed by atoms with van der Waals surface area (Å²) in [6, 6.07) is 1.35. The van der Waals surface area contributed by atoms with Crippen molar-refractivity contribution in [3.63, 3.8) is 0 Å². The van der Waals surface area contributed by atoms with Gasteiger partial charge in [0.05, 0.1) is 5.02 Å². The standard InChI is InChI=1S/C12H10Cl2F3NO2/c13-8-5-9(14)10(19)7-2-4-18(3-1-6(7)8)11(20)12(15,16)17/h5,19H,1-4H2. The van der Waals surface area contributed by atoms with Crippen LogP contribution in [0.1, 0.15) is 11.1 Å². The predicted octanol–water partition coefficient (Wildman–Crippen LogP) is 3.19. The average molecular weight is 328 g/mol. The molecule has 1 aromatic rings. The third-order valence-electron chi connectivity index (χ3n) is 3.21. The first-order chi connectivity index (χ1) is 9.21. The van der Waals surface area contributed by atoms with E-state index in [1.807, 2.05) is 0 Å². The summed E-state index contributed by atoms with van der Waals surface area (Å²) in [6.45, 7) is -0.248. The van der Waals surface area contributed by atoms with Gasteiger partial charge in [-0.2, -0.15) is 13.2 Å². The van der Waals surface area contributed by atoms with Gasteiger partial charge in [0.25, 0.3) is 0 Å². The van der Waals surface area contributed by atoms with Gasteiger partial charge in [-0.05, 0) is 24.5 Å². The molecule has 0 radical (unpaired) electrons. The number of carbonyl (C=O) groups is 1. The molecule has 1 aromatic carbocycles. The fraction of sp³-hybridized carbons (Fsp3) is 0.417. The smallest absolute Gasteiger partial charge is 0.471 e. The van der Waals surface area contributed by atoms with Crippen molar-refractivity contribution in [3.05, 3.63) is 27.2 Å². The second kappa shape index (κ2) is 5.33. The number of hydrogen-bond acceptors (Lipinski definition) is 2. The molecule has 2 rings (SSSR count). The largest absolute Gasteiger partial charge is 0.506 e. The third-order valence-corrected chi connectivity index (χ3v) is 3.84. The molecule has 0 saturated heterocycles. The monoisotopic (exact) mass is 327 g/mol. The van der Waals surface area contributed by atoms with E-state index in [-0.39, 0.29) is 41.7 Å². The molecule has 1 aliphatic heterocycles. The molecule has 1 aliphatic rings. The van der Waals surface area contributed by atoms with Crippen LogP contribution in [0, 0.1) is 0 Å². The summed E-state index contributed by atoms with van der Waals surface area (Å²) in [5, 5.41) is 10.2. The van der Waals surface area contributed by atoms with Crippen molar-refractivity contribution in [2.75, 3.05) is 13.1 Å². The van der Waals surface area contributed by atoms with Crippen LogP contribution in [0.25, 0.3) is 0 Å². The molecule has 0 aliphatic carbocycles. The molecule has 3 nitrogen and oxygen atoms in total. The Kier molecular flexibility index (Phi) is 4.07. The summed E-state index contributed by atoms with van der Waals surface area (Å²) in [5.41, 5.74) is 0.936. The van der Waals surface area contributed by atoms with Gasteiger partial charge in [0.15, 0.2) is 0 Å². The Balaban J connectivity index is 2.30. The zero-order chi connectivity index (χ0) is 15.1. The fourth-order valence-electron chi connectivity index (χ4n) is 2.23. The van der Waals surface area contributed by atoms with Gasteiger partial charge in [-0.3, -0.25) is 4.79 Å². The first kappa shape index (κ1) is 15.3. The summed E-state index contributed by atoms with van der Waals surface area (Å²) < 4.78 is 37.3. The lowest BCUT2D eigenvalue weighted by atomic mass is 10.0. The lowest BCUT2D eigenvalue weighted by Gasteiger charge is -2.21. The lowest BCUT2D eigenvalue weighted by Crippen LogP contribution is -2.42. The van der Waals surface area contributed by atoms with Crippen LogP contribution in [0.3, 0.4) is 0 Å². The topological polar surface area (TPSA) is 40.5 Å². The highest BCUT2D eigenvalue weighted by molar-refractivity contribution is 6.36. The molecule has 1 N–H and O–H groups in total. The van der Waals surface area contributed by atoms with Crippen molar-refractivity contribution in [2.45, 2.75) is 19.0 Å². The van der Waals surface area contributed by atoms with Crippen molar-refractivity contribution in [3.8, 4) is 5.75 Å². The second-order valence-corrected chi connectivity index (χ2v) is 5.25. The van der Waals surface area contributed by atoms with Gasteiger partial charge in [-0.25, -0.2) is 0 Å². The molecule has 0 atom stereocenters. The SMILES string of the molecule is O=C(N1CCc2c(Cl)cc(Cl)c(O)c2CC1)C(F)(F)F. The maximum absolute atomic E-state index is 12.4. The summed E-state index contributed by atoms with van der Waals surface area (Å²) in [4.78, 5) is 12.0. The molecule has 0 saturated carbocycles. The molecule has 0 aromatic heterocycles. The molecule has 0 bridgehead atoms. The van der Waals surface area contributed by atoms with Gasteiger partial charge in [0.2, 0.25) is 0 Å². The van der Waals surface area contributed by atoms with Crippen LogP contribution in [-0.2, 0) is 17.6 Å². The van der Waals surface area contributed by atoms with Crippen LogP contribution < -0.4 is 0 Å². The number of phenolic OH excluding ortho intramolecular Hbond substituents is 1.